The van der Waals surface area contributed by atoms with Crippen molar-refractivity contribution < 1.29 is 8.42 Å². The molecular weight excluding hydrogens is 284 g/mol. The van der Waals surface area contributed by atoms with E-state index in [0.717, 1.165) is 51.4 Å². The Morgan fingerprint density at radius 3 is 2.47 bits per heavy atom. The minimum Gasteiger partial charge on any atom is -0.198 e. The molecule has 0 amide bonds. The van der Waals surface area contributed by atoms with Crippen molar-refractivity contribution in [3.8, 4) is 0 Å². The van der Waals surface area contributed by atoms with Crippen molar-refractivity contribution >= 4 is 21.8 Å². The molecule has 0 aromatic heterocycles. The molecule has 6 heteroatoms. The molecule has 1 N–H and O–H groups in total. The van der Waals surface area contributed by atoms with Crippen LogP contribution in [-0.2, 0) is 10.2 Å². The first kappa shape index (κ1) is 15.5. The van der Waals surface area contributed by atoms with Crippen molar-refractivity contribution in [3.05, 3.63) is 0 Å². The topological polar surface area (TPSA) is 49.4 Å². The van der Waals surface area contributed by atoms with E-state index in [4.69, 9.17) is 11.6 Å². The SMILES string of the molecule is CC1CCCCN1S(=O)(=O)NC1CCCCCC1Cl. The van der Waals surface area contributed by atoms with E-state index < -0.39 is 10.2 Å². The number of alkyl halides is 1. The van der Waals surface area contributed by atoms with Crippen LogP contribution in [0, 0.1) is 0 Å². The fraction of sp³-hybridized carbons (Fsp3) is 1.00. The highest BCUT2D eigenvalue weighted by Crippen LogP contribution is 2.25. The van der Waals surface area contributed by atoms with Gasteiger partial charge in [-0.1, -0.05) is 25.7 Å². The molecule has 3 atom stereocenters. The summed E-state index contributed by atoms with van der Waals surface area (Å²) in [4.78, 5) is 0. The fourth-order valence-electron chi connectivity index (χ4n) is 3.08. The monoisotopic (exact) mass is 308 g/mol. The lowest BCUT2D eigenvalue weighted by Crippen LogP contribution is -2.52. The molecule has 1 aliphatic carbocycles. The molecule has 0 bridgehead atoms. The lowest BCUT2D eigenvalue weighted by molar-refractivity contribution is 0.263. The van der Waals surface area contributed by atoms with Gasteiger partial charge in [0.25, 0.3) is 10.2 Å². The first-order valence-corrected chi connectivity index (χ1v) is 9.31. The molecule has 1 saturated carbocycles. The van der Waals surface area contributed by atoms with Gasteiger partial charge < -0.3 is 0 Å². The van der Waals surface area contributed by atoms with Crippen LogP contribution in [0.3, 0.4) is 0 Å². The number of nitrogens with zero attached hydrogens (tertiary/aromatic N) is 1. The van der Waals surface area contributed by atoms with E-state index in [1.165, 1.54) is 0 Å². The van der Waals surface area contributed by atoms with Gasteiger partial charge in [0.2, 0.25) is 0 Å². The van der Waals surface area contributed by atoms with Crippen LogP contribution >= 0.6 is 11.6 Å². The summed E-state index contributed by atoms with van der Waals surface area (Å²) in [6.45, 7) is 2.62. The molecular formula is C13H25ClN2O2S. The van der Waals surface area contributed by atoms with Gasteiger partial charge in [0.05, 0.1) is 0 Å². The first-order chi connectivity index (χ1) is 9.00. The maximum atomic E-state index is 12.5. The van der Waals surface area contributed by atoms with E-state index >= 15 is 0 Å². The van der Waals surface area contributed by atoms with Gasteiger partial charge in [-0.25, -0.2) is 0 Å². The maximum Gasteiger partial charge on any atom is 0.279 e. The summed E-state index contributed by atoms with van der Waals surface area (Å²) in [5.74, 6) is 0. The smallest absolute Gasteiger partial charge is 0.198 e. The van der Waals surface area contributed by atoms with Crippen LogP contribution in [0.25, 0.3) is 0 Å². The fourth-order valence-corrected chi connectivity index (χ4v) is 5.25. The number of piperidine rings is 1. The molecule has 0 aromatic rings. The van der Waals surface area contributed by atoms with Crippen molar-refractivity contribution in [3.63, 3.8) is 0 Å². The quantitative estimate of drug-likeness (QED) is 0.643. The first-order valence-electron chi connectivity index (χ1n) is 7.44. The lowest BCUT2D eigenvalue weighted by Gasteiger charge is -2.34. The number of hydrogen-bond acceptors (Lipinski definition) is 2. The Hall–Kier alpha value is 0.160. The van der Waals surface area contributed by atoms with E-state index in [1.807, 2.05) is 6.92 Å². The summed E-state index contributed by atoms with van der Waals surface area (Å²) in [7, 11) is -3.38. The third kappa shape index (κ3) is 4.06. The Bertz CT molecular complexity index is 388. The van der Waals surface area contributed by atoms with Gasteiger partial charge in [0.15, 0.2) is 0 Å². The van der Waals surface area contributed by atoms with Crippen LogP contribution in [-0.4, -0.2) is 36.7 Å². The third-order valence-electron chi connectivity index (χ3n) is 4.28. The average Bonchev–Trinajstić information content (AvgIpc) is 2.55. The highest BCUT2D eigenvalue weighted by Gasteiger charge is 2.33. The molecule has 0 spiro atoms. The van der Waals surface area contributed by atoms with Crippen molar-refractivity contribution in [2.24, 2.45) is 0 Å². The normalized spacial score (nSPS) is 34.9. The second kappa shape index (κ2) is 6.74. The van der Waals surface area contributed by atoms with Gasteiger partial charge in [0, 0.05) is 24.0 Å². The zero-order chi connectivity index (χ0) is 13.9. The third-order valence-corrected chi connectivity index (χ3v) is 6.57. The molecule has 0 radical (unpaired) electrons. The predicted molar refractivity (Wildman–Crippen MR) is 78.6 cm³/mol. The van der Waals surface area contributed by atoms with Crippen molar-refractivity contribution in [2.45, 2.75) is 75.8 Å². The Balaban J connectivity index is 2.02. The van der Waals surface area contributed by atoms with Crippen LogP contribution in [0.5, 0.6) is 0 Å². The lowest BCUT2D eigenvalue weighted by atomic mass is 10.1. The van der Waals surface area contributed by atoms with Crippen molar-refractivity contribution in [2.75, 3.05) is 6.54 Å². The van der Waals surface area contributed by atoms with Crippen LogP contribution in [0.2, 0.25) is 0 Å². The van der Waals surface area contributed by atoms with Gasteiger partial charge in [-0.2, -0.15) is 17.4 Å². The van der Waals surface area contributed by atoms with Crippen LogP contribution in [0.1, 0.15) is 58.3 Å². The molecule has 2 rings (SSSR count). The second-order valence-corrected chi connectivity index (χ2v) is 8.05. The molecule has 1 saturated heterocycles. The summed E-state index contributed by atoms with van der Waals surface area (Å²) in [6.07, 6.45) is 8.12. The number of hydrogen-bond donors (Lipinski definition) is 1. The molecule has 19 heavy (non-hydrogen) atoms. The summed E-state index contributed by atoms with van der Waals surface area (Å²) in [5, 5.41) is -0.0719. The minimum absolute atomic E-state index is 0.0719. The van der Waals surface area contributed by atoms with Gasteiger partial charge in [-0.15, -0.1) is 11.6 Å². The molecule has 3 unspecified atom stereocenters. The van der Waals surface area contributed by atoms with Gasteiger partial charge in [-0.05, 0) is 32.6 Å². The van der Waals surface area contributed by atoms with E-state index in [9.17, 15) is 8.42 Å². The molecule has 2 fully saturated rings. The van der Waals surface area contributed by atoms with E-state index in [1.54, 1.807) is 4.31 Å². The Morgan fingerprint density at radius 2 is 1.74 bits per heavy atom. The standard InChI is InChI=1S/C13H25ClN2O2S/c1-11-7-5-6-10-16(11)19(17,18)15-13-9-4-2-3-8-12(13)14/h11-13,15H,2-10H2,1H3. The van der Waals surface area contributed by atoms with E-state index in [-0.39, 0.29) is 17.5 Å². The van der Waals surface area contributed by atoms with Crippen LogP contribution in [0.15, 0.2) is 0 Å². The van der Waals surface area contributed by atoms with Crippen molar-refractivity contribution in [1.82, 2.24) is 9.03 Å². The number of nitrogens with one attached hydrogen (secondary N) is 1. The average molecular weight is 309 g/mol. The Morgan fingerprint density at radius 1 is 1.05 bits per heavy atom. The highest BCUT2D eigenvalue weighted by atomic mass is 35.5. The van der Waals surface area contributed by atoms with Gasteiger partial charge >= 0.3 is 0 Å². The molecule has 2 aliphatic rings. The Labute approximate surface area is 122 Å². The predicted octanol–water partition coefficient (Wildman–Crippen LogP) is 2.64. The molecule has 1 heterocycles. The summed E-state index contributed by atoms with van der Waals surface area (Å²) >= 11 is 6.32. The number of rotatable bonds is 3. The van der Waals surface area contributed by atoms with E-state index in [0.29, 0.717) is 6.54 Å². The molecule has 4 nitrogen and oxygen atoms in total. The zero-order valence-electron chi connectivity index (χ0n) is 11.6. The largest absolute Gasteiger partial charge is 0.279 e. The summed E-state index contributed by atoms with van der Waals surface area (Å²) < 4.78 is 29.4. The van der Waals surface area contributed by atoms with Gasteiger partial charge in [-0.3, -0.25) is 0 Å². The minimum atomic E-state index is -3.38. The summed E-state index contributed by atoms with van der Waals surface area (Å²) in [5.41, 5.74) is 0. The summed E-state index contributed by atoms with van der Waals surface area (Å²) in [6, 6.07) is -0.00547. The zero-order valence-corrected chi connectivity index (χ0v) is 13.2. The molecule has 1 aliphatic heterocycles. The molecule has 112 valence electrons. The highest BCUT2D eigenvalue weighted by molar-refractivity contribution is 7.87. The second-order valence-electron chi connectivity index (χ2n) is 5.84. The Kier molecular flexibility index (Phi) is 5.52. The van der Waals surface area contributed by atoms with Crippen molar-refractivity contribution in [1.29, 1.82) is 0 Å². The maximum absolute atomic E-state index is 12.5. The van der Waals surface area contributed by atoms with Crippen LogP contribution in [0.4, 0.5) is 0 Å². The molecule has 0 aromatic carbocycles. The van der Waals surface area contributed by atoms with E-state index in [2.05, 4.69) is 4.72 Å². The van der Waals surface area contributed by atoms with Gasteiger partial charge in [0.1, 0.15) is 0 Å². The van der Waals surface area contributed by atoms with Crippen LogP contribution < -0.4 is 4.72 Å². The number of halogens is 1.